The second kappa shape index (κ2) is 12.4. The summed E-state index contributed by atoms with van der Waals surface area (Å²) in [6, 6.07) is 14.3. The summed E-state index contributed by atoms with van der Waals surface area (Å²) >= 11 is 12.0. The van der Waals surface area contributed by atoms with Gasteiger partial charge in [-0.15, -0.1) is 22.6 Å². The lowest BCUT2D eigenvalue weighted by molar-refractivity contribution is -0.135. The van der Waals surface area contributed by atoms with E-state index in [-0.39, 0.29) is 33.0 Å². The third-order valence-corrected chi connectivity index (χ3v) is 7.89. The Labute approximate surface area is 242 Å². The molecule has 0 aliphatic carbocycles. The number of likely N-dealkylation sites (N-methyl/N-ethyl adjacent to an activating group) is 1. The van der Waals surface area contributed by atoms with E-state index in [2.05, 4.69) is 20.4 Å². The van der Waals surface area contributed by atoms with Crippen molar-refractivity contribution in [3.05, 3.63) is 70.3 Å². The molecular weight excluding hydrogens is 587 g/mol. The Hall–Kier alpha value is -3.09. The summed E-state index contributed by atoms with van der Waals surface area (Å²) in [5, 5.41) is 22.3. The summed E-state index contributed by atoms with van der Waals surface area (Å²) in [6.07, 6.45) is 0. The van der Waals surface area contributed by atoms with Gasteiger partial charge in [-0.25, -0.2) is 8.42 Å². The molecule has 0 aliphatic heterocycles. The van der Waals surface area contributed by atoms with Crippen molar-refractivity contribution in [3.8, 4) is 5.82 Å². The Kier molecular flexibility index (Phi) is 9.68. The first kappa shape index (κ1) is 30.5. The van der Waals surface area contributed by atoms with E-state index in [1.807, 2.05) is 43.8 Å². The van der Waals surface area contributed by atoms with Crippen LogP contribution in [-0.2, 0) is 14.8 Å². The summed E-state index contributed by atoms with van der Waals surface area (Å²) in [7, 11) is -0.310. The number of anilines is 2. The molecule has 14 heteroatoms. The van der Waals surface area contributed by atoms with Gasteiger partial charge in [0.25, 0.3) is 10.0 Å². The highest BCUT2D eigenvalue weighted by molar-refractivity contribution is 7.92. The maximum atomic E-state index is 13.5. The Morgan fingerprint density at radius 2 is 1.72 bits per heavy atom. The molecule has 0 fully saturated rings. The minimum atomic E-state index is -4.29. The van der Waals surface area contributed by atoms with Crippen molar-refractivity contribution in [3.63, 3.8) is 0 Å². The summed E-state index contributed by atoms with van der Waals surface area (Å²) < 4.78 is 29.6. The number of aliphatic carboxylic acids is 1. The number of sulfonamides is 1. The van der Waals surface area contributed by atoms with E-state index in [9.17, 15) is 18.3 Å². The average Bonchev–Trinajstić information content (AvgIpc) is 3.16. The second-order valence-corrected chi connectivity index (χ2v) is 11.6. The van der Waals surface area contributed by atoms with Gasteiger partial charge in [-0.05, 0) is 75.6 Å². The van der Waals surface area contributed by atoms with E-state index < -0.39 is 22.5 Å². The van der Waals surface area contributed by atoms with Gasteiger partial charge in [0.2, 0.25) is 0 Å². The van der Waals surface area contributed by atoms with E-state index >= 15 is 0 Å². The molecular formula is C25H27Cl3N6O4S. The number of rotatable bonds is 10. The molecule has 2 aromatic carbocycles. The minimum Gasteiger partial charge on any atom is -0.480 e. The zero-order valence-corrected chi connectivity index (χ0v) is 24.4. The number of carboxylic acids is 1. The van der Waals surface area contributed by atoms with Gasteiger partial charge in [0.15, 0.2) is 5.82 Å². The third-order valence-electron chi connectivity index (χ3n) is 5.70. The Morgan fingerprint density at radius 1 is 1.03 bits per heavy atom. The molecule has 2 heterocycles. The number of halogens is 3. The smallest absolute Gasteiger partial charge is 0.324 e. The van der Waals surface area contributed by atoms with Gasteiger partial charge in [0, 0.05) is 34.2 Å². The number of nitrogens with zero attached hydrogens (tertiary/aromatic N) is 5. The molecule has 39 heavy (non-hydrogen) atoms. The van der Waals surface area contributed by atoms with Crippen molar-refractivity contribution < 1.29 is 18.3 Å². The fourth-order valence-corrected chi connectivity index (χ4v) is 6.12. The minimum absolute atomic E-state index is 0. The molecule has 2 aromatic heterocycles. The van der Waals surface area contributed by atoms with E-state index in [1.54, 1.807) is 18.2 Å². The summed E-state index contributed by atoms with van der Waals surface area (Å²) in [5.74, 6) is -0.0697. The third kappa shape index (κ3) is 6.92. The van der Waals surface area contributed by atoms with Crippen molar-refractivity contribution in [2.45, 2.75) is 11.8 Å². The fourth-order valence-electron chi connectivity index (χ4n) is 3.99. The van der Waals surface area contributed by atoms with Crippen LogP contribution in [0.2, 0.25) is 10.0 Å². The number of benzene rings is 2. The summed E-state index contributed by atoms with van der Waals surface area (Å²) in [6.45, 7) is 2.69. The zero-order valence-electron chi connectivity index (χ0n) is 21.3. The van der Waals surface area contributed by atoms with Crippen LogP contribution in [0, 0.1) is 6.92 Å². The van der Waals surface area contributed by atoms with Crippen LogP contribution in [0.1, 0.15) is 5.69 Å². The summed E-state index contributed by atoms with van der Waals surface area (Å²) in [5.41, 5.74) is 1.78. The van der Waals surface area contributed by atoms with E-state index in [0.717, 1.165) is 28.6 Å². The van der Waals surface area contributed by atoms with Crippen molar-refractivity contribution in [2.75, 3.05) is 43.4 Å². The van der Waals surface area contributed by atoms with Gasteiger partial charge in [0.1, 0.15) is 12.4 Å². The average molecular weight is 614 g/mol. The maximum absolute atomic E-state index is 13.5. The topological polar surface area (TPSA) is 121 Å². The first-order valence-corrected chi connectivity index (χ1v) is 13.7. The van der Waals surface area contributed by atoms with Gasteiger partial charge in [-0.1, -0.05) is 23.2 Å². The molecule has 10 nitrogen and oxygen atoms in total. The molecule has 0 spiro atoms. The summed E-state index contributed by atoms with van der Waals surface area (Å²) in [4.78, 5) is 13.5. The molecule has 2 N–H and O–H groups in total. The van der Waals surface area contributed by atoms with Gasteiger partial charge in [-0.3, -0.25) is 13.7 Å². The van der Waals surface area contributed by atoms with Crippen LogP contribution in [0.15, 0.2) is 59.5 Å². The van der Waals surface area contributed by atoms with Crippen LogP contribution in [0.3, 0.4) is 0 Å². The number of carbonyl (C=O) groups is 1. The predicted molar refractivity (Wildman–Crippen MR) is 157 cm³/mol. The lowest BCUT2D eigenvalue weighted by Crippen LogP contribution is -2.35. The van der Waals surface area contributed by atoms with Gasteiger partial charge < -0.3 is 15.3 Å². The largest absolute Gasteiger partial charge is 0.480 e. The van der Waals surface area contributed by atoms with Crippen LogP contribution in [-0.4, -0.2) is 72.9 Å². The monoisotopic (exact) mass is 612 g/mol. The van der Waals surface area contributed by atoms with Gasteiger partial charge in [0.05, 0.1) is 16.1 Å². The highest BCUT2D eigenvalue weighted by Crippen LogP contribution is 2.32. The van der Waals surface area contributed by atoms with Crippen LogP contribution >= 0.6 is 35.6 Å². The van der Waals surface area contributed by atoms with E-state index in [1.165, 1.54) is 18.2 Å². The lowest BCUT2D eigenvalue weighted by atomic mass is 10.2. The molecule has 0 bridgehead atoms. The van der Waals surface area contributed by atoms with Crippen molar-refractivity contribution >= 4 is 74.0 Å². The molecule has 0 amide bonds. The number of carboxylic acid groups (broad SMARTS) is 1. The predicted octanol–water partition coefficient (Wildman–Crippen LogP) is 4.71. The molecule has 208 valence electrons. The highest BCUT2D eigenvalue weighted by Gasteiger charge is 2.28. The standard InChI is InChI=1S/C25H26Cl2N6O4S.ClH/c1-16-10-17-11-20(32(15-25(34)35)38(36,37)21-13-18(26)12-19(27)14-21)4-5-22(17)33(16)24-7-6-23(29-30-24)28-8-9-31(2)3;/h4-7,10-14H,8-9,15H2,1-3H3,(H,28,29)(H,34,35);1H. The van der Waals surface area contributed by atoms with E-state index in [4.69, 9.17) is 23.2 Å². The molecule has 0 saturated carbocycles. The quantitative estimate of drug-likeness (QED) is 0.264. The van der Waals surface area contributed by atoms with Crippen molar-refractivity contribution in [1.29, 1.82) is 0 Å². The van der Waals surface area contributed by atoms with Crippen LogP contribution < -0.4 is 9.62 Å². The normalized spacial score (nSPS) is 11.4. The molecule has 0 unspecified atom stereocenters. The number of hydrogen-bond acceptors (Lipinski definition) is 7. The first-order valence-electron chi connectivity index (χ1n) is 11.5. The second-order valence-electron chi connectivity index (χ2n) is 8.88. The van der Waals surface area contributed by atoms with Crippen LogP contribution in [0.5, 0.6) is 0 Å². The number of fused-ring (bicyclic) bond motifs is 1. The highest BCUT2D eigenvalue weighted by atomic mass is 35.5. The van der Waals surface area contributed by atoms with Crippen LogP contribution in [0.25, 0.3) is 16.7 Å². The Morgan fingerprint density at radius 3 is 2.31 bits per heavy atom. The molecule has 0 radical (unpaired) electrons. The van der Waals surface area contributed by atoms with Gasteiger partial charge >= 0.3 is 5.97 Å². The fraction of sp³-hybridized carbons (Fsp3) is 0.240. The first-order chi connectivity index (χ1) is 18.0. The van der Waals surface area contributed by atoms with E-state index in [0.29, 0.717) is 17.0 Å². The molecule has 4 aromatic rings. The number of nitrogens with one attached hydrogen (secondary N) is 1. The number of hydrogen-bond donors (Lipinski definition) is 2. The van der Waals surface area contributed by atoms with Gasteiger partial charge in [-0.2, -0.15) is 0 Å². The Bertz CT molecular complexity index is 1570. The van der Waals surface area contributed by atoms with Crippen molar-refractivity contribution in [1.82, 2.24) is 19.7 Å². The zero-order chi connectivity index (χ0) is 27.6. The lowest BCUT2D eigenvalue weighted by Gasteiger charge is -2.23. The maximum Gasteiger partial charge on any atom is 0.324 e. The van der Waals surface area contributed by atoms with Crippen molar-refractivity contribution in [2.24, 2.45) is 0 Å². The van der Waals surface area contributed by atoms with Crippen LogP contribution in [0.4, 0.5) is 11.5 Å². The Balaban J connectivity index is 0.00000420. The number of aryl methyl sites for hydroxylation is 1. The molecule has 0 saturated heterocycles. The number of aromatic nitrogens is 3. The molecule has 0 atom stereocenters. The SMILES string of the molecule is Cc1cc2cc(N(CC(=O)O)S(=O)(=O)c3cc(Cl)cc(Cl)c3)ccc2n1-c1ccc(NCCN(C)C)nn1.Cl. The molecule has 0 aliphatic rings. The molecule has 4 rings (SSSR count).